The summed E-state index contributed by atoms with van der Waals surface area (Å²) in [6.45, 7) is 0. The largest absolute Gasteiger partial charge is 0.497 e. The summed E-state index contributed by atoms with van der Waals surface area (Å²) >= 11 is 0. The molecule has 1 aliphatic carbocycles. The predicted molar refractivity (Wildman–Crippen MR) is 81.6 cm³/mol. The highest BCUT2D eigenvalue weighted by Crippen LogP contribution is 2.32. The fraction of sp³-hybridized carbons (Fsp3) is 0.0556. The molecule has 0 spiro atoms. The van der Waals surface area contributed by atoms with Gasteiger partial charge in [-0.1, -0.05) is 24.3 Å². The molecule has 0 aliphatic heterocycles. The van der Waals surface area contributed by atoms with Gasteiger partial charge in [0.2, 0.25) is 0 Å². The van der Waals surface area contributed by atoms with Crippen molar-refractivity contribution < 1.29 is 14.3 Å². The molecule has 0 saturated heterocycles. The number of ketones is 2. The summed E-state index contributed by atoms with van der Waals surface area (Å²) in [5.41, 5.74) is 2.30. The Hall–Kier alpha value is -3.01. The zero-order valence-electron chi connectivity index (χ0n) is 11.8. The first kappa shape index (κ1) is 12.7. The molecule has 4 rings (SSSR count). The standard InChI is InChI=1S/C18H11NO3/c1-22-10-6-7-15-13(8-10)16-14(9-19-15)17(20)11-4-2-3-5-12(11)18(16)21/h2-9H,1H3. The molecule has 1 aliphatic rings. The quantitative estimate of drug-likeness (QED) is 0.540. The Morgan fingerprint density at radius 2 is 1.64 bits per heavy atom. The van der Waals surface area contributed by atoms with Crippen molar-refractivity contribution in [2.45, 2.75) is 0 Å². The molecule has 0 unspecified atom stereocenters. The van der Waals surface area contributed by atoms with Gasteiger partial charge < -0.3 is 4.74 Å². The van der Waals surface area contributed by atoms with Gasteiger partial charge in [0.25, 0.3) is 0 Å². The SMILES string of the molecule is COc1ccc2ncc3c(c2c1)C(=O)c1ccccc1C3=O. The van der Waals surface area contributed by atoms with Crippen LogP contribution in [-0.2, 0) is 0 Å². The summed E-state index contributed by atoms with van der Waals surface area (Å²) in [7, 11) is 1.56. The molecule has 0 atom stereocenters. The molecule has 2 aromatic carbocycles. The van der Waals surface area contributed by atoms with Crippen LogP contribution in [0, 0.1) is 0 Å². The number of fused-ring (bicyclic) bond motifs is 4. The van der Waals surface area contributed by atoms with E-state index in [1.165, 1.54) is 6.20 Å². The van der Waals surface area contributed by atoms with Crippen LogP contribution in [0.1, 0.15) is 31.8 Å². The average molecular weight is 289 g/mol. The van der Waals surface area contributed by atoms with E-state index in [-0.39, 0.29) is 11.6 Å². The van der Waals surface area contributed by atoms with Gasteiger partial charge in [-0.3, -0.25) is 14.6 Å². The van der Waals surface area contributed by atoms with E-state index in [1.54, 1.807) is 49.6 Å². The second-order valence-corrected chi connectivity index (χ2v) is 5.13. The van der Waals surface area contributed by atoms with E-state index in [1.807, 2.05) is 0 Å². The molecular weight excluding hydrogens is 278 g/mol. The van der Waals surface area contributed by atoms with E-state index < -0.39 is 0 Å². The third-order valence-corrected chi connectivity index (χ3v) is 3.96. The molecule has 0 radical (unpaired) electrons. The second-order valence-electron chi connectivity index (χ2n) is 5.13. The lowest BCUT2D eigenvalue weighted by Crippen LogP contribution is -2.21. The monoisotopic (exact) mass is 289 g/mol. The Kier molecular flexibility index (Phi) is 2.60. The Labute approximate surface area is 126 Å². The van der Waals surface area contributed by atoms with Crippen molar-refractivity contribution in [3.8, 4) is 5.75 Å². The number of pyridine rings is 1. The molecule has 0 amide bonds. The van der Waals surface area contributed by atoms with Gasteiger partial charge in [0.05, 0.1) is 18.2 Å². The van der Waals surface area contributed by atoms with Crippen LogP contribution < -0.4 is 4.74 Å². The van der Waals surface area contributed by atoms with Crippen LogP contribution >= 0.6 is 0 Å². The van der Waals surface area contributed by atoms with E-state index in [0.29, 0.717) is 38.9 Å². The van der Waals surface area contributed by atoms with Crippen molar-refractivity contribution in [2.24, 2.45) is 0 Å². The van der Waals surface area contributed by atoms with Crippen molar-refractivity contribution in [1.29, 1.82) is 0 Å². The summed E-state index contributed by atoms with van der Waals surface area (Å²) in [6.07, 6.45) is 1.49. The van der Waals surface area contributed by atoms with E-state index >= 15 is 0 Å². The lowest BCUT2D eigenvalue weighted by atomic mass is 9.83. The lowest BCUT2D eigenvalue weighted by Gasteiger charge is -2.18. The summed E-state index contributed by atoms with van der Waals surface area (Å²) in [4.78, 5) is 29.8. The fourth-order valence-corrected chi connectivity index (χ4v) is 2.87. The number of aromatic nitrogens is 1. The van der Waals surface area contributed by atoms with Crippen LogP contribution in [0.2, 0.25) is 0 Å². The number of ether oxygens (including phenoxy) is 1. The summed E-state index contributed by atoms with van der Waals surface area (Å²) in [6, 6.07) is 12.2. The van der Waals surface area contributed by atoms with Gasteiger partial charge in [0, 0.05) is 28.3 Å². The zero-order chi connectivity index (χ0) is 15.3. The van der Waals surface area contributed by atoms with E-state index in [2.05, 4.69) is 4.98 Å². The molecule has 3 aromatic rings. The first-order valence-electron chi connectivity index (χ1n) is 6.86. The third kappa shape index (κ3) is 1.61. The third-order valence-electron chi connectivity index (χ3n) is 3.96. The minimum absolute atomic E-state index is 0.147. The van der Waals surface area contributed by atoms with Crippen LogP contribution in [0.4, 0.5) is 0 Å². The molecule has 4 nitrogen and oxygen atoms in total. The maximum absolute atomic E-state index is 12.8. The summed E-state index contributed by atoms with van der Waals surface area (Å²) < 4.78 is 5.22. The van der Waals surface area contributed by atoms with Crippen LogP contribution in [0.5, 0.6) is 5.75 Å². The van der Waals surface area contributed by atoms with Crippen LogP contribution in [-0.4, -0.2) is 23.7 Å². The predicted octanol–water partition coefficient (Wildman–Crippen LogP) is 3.02. The average Bonchev–Trinajstić information content (AvgIpc) is 2.58. The van der Waals surface area contributed by atoms with Crippen LogP contribution in [0.3, 0.4) is 0 Å². The minimum Gasteiger partial charge on any atom is -0.497 e. The van der Waals surface area contributed by atoms with Crippen molar-refractivity contribution in [2.75, 3.05) is 7.11 Å². The molecule has 22 heavy (non-hydrogen) atoms. The van der Waals surface area contributed by atoms with Crippen molar-refractivity contribution in [3.05, 3.63) is 70.9 Å². The molecule has 106 valence electrons. The molecular formula is C18H11NO3. The Bertz CT molecular complexity index is 960. The number of hydrogen-bond acceptors (Lipinski definition) is 4. The van der Waals surface area contributed by atoms with Crippen molar-refractivity contribution in [3.63, 3.8) is 0 Å². The molecule has 0 fully saturated rings. The maximum atomic E-state index is 12.8. The Morgan fingerprint density at radius 3 is 2.36 bits per heavy atom. The van der Waals surface area contributed by atoms with Crippen molar-refractivity contribution >= 4 is 22.5 Å². The van der Waals surface area contributed by atoms with E-state index in [4.69, 9.17) is 4.74 Å². The van der Waals surface area contributed by atoms with E-state index in [0.717, 1.165) is 0 Å². The number of hydrogen-bond donors (Lipinski definition) is 0. The molecule has 0 saturated carbocycles. The maximum Gasteiger partial charge on any atom is 0.196 e. The fourth-order valence-electron chi connectivity index (χ4n) is 2.87. The number of carbonyl (C=O) groups excluding carboxylic acids is 2. The van der Waals surface area contributed by atoms with Crippen LogP contribution in [0.25, 0.3) is 10.9 Å². The van der Waals surface area contributed by atoms with Gasteiger partial charge in [-0.25, -0.2) is 0 Å². The zero-order valence-corrected chi connectivity index (χ0v) is 11.8. The van der Waals surface area contributed by atoms with Gasteiger partial charge in [-0.2, -0.15) is 0 Å². The van der Waals surface area contributed by atoms with Gasteiger partial charge in [0.1, 0.15) is 5.75 Å². The van der Waals surface area contributed by atoms with Gasteiger partial charge in [-0.15, -0.1) is 0 Å². The second kappa shape index (κ2) is 4.49. The topological polar surface area (TPSA) is 56.3 Å². The van der Waals surface area contributed by atoms with Crippen molar-refractivity contribution in [1.82, 2.24) is 4.98 Å². The smallest absolute Gasteiger partial charge is 0.196 e. The van der Waals surface area contributed by atoms with Gasteiger partial charge in [0.15, 0.2) is 11.6 Å². The first-order chi connectivity index (χ1) is 10.7. The molecule has 0 bridgehead atoms. The molecule has 1 heterocycles. The van der Waals surface area contributed by atoms with Gasteiger partial charge in [-0.05, 0) is 18.2 Å². The summed E-state index contributed by atoms with van der Waals surface area (Å²) in [5, 5.41) is 0.643. The highest BCUT2D eigenvalue weighted by Gasteiger charge is 2.31. The lowest BCUT2D eigenvalue weighted by molar-refractivity contribution is 0.0980. The normalized spacial score (nSPS) is 13.0. The minimum atomic E-state index is -0.164. The molecule has 0 N–H and O–H groups in total. The highest BCUT2D eigenvalue weighted by atomic mass is 16.5. The Balaban J connectivity index is 2.09. The first-order valence-corrected chi connectivity index (χ1v) is 6.86. The molecule has 4 heteroatoms. The number of nitrogens with zero attached hydrogens (tertiary/aromatic N) is 1. The number of benzene rings is 2. The highest BCUT2D eigenvalue weighted by molar-refractivity contribution is 6.31. The summed E-state index contributed by atoms with van der Waals surface area (Å²) in [5.74, 6) is 0.315. The Morgan fingerprint density at radius 1 is 0.909 bits per heavy atom. The molecule has 1 aromatic heterocycles. The van der Waals surface area contributed by atoms with E-state index in [9.17, 15) is 9.59 Å². The number of carbonyl (C=O) groups is 2. The number of methoxy groups -OCH3 is 1. The van der Waals surface area contributed by atoms with Gasteiger partial charge >= 0.3 is 0 Å². The van der Waals surface area contributed by atoms with Crippen LogP contribution in [0.15, 0.2) is 48.7 Å². The number of rotatable bonds is 1.